The zero-order valence-corrected chi connectivity index (χ0v) is 10.6. The average Bonchev–Trinajstić information content (AvgIpc) is 2.15. The van der Waals surface area contributed by atoms with Crippen LogP contribution in [0, 0.1) is 5.41 Å². The highest BCUT2D eigenvalue weighted by molar-refractivity contribution is 6.30. The van der Waals surface area contributed by atoms with Crippen LogP contribution in [-0.2, 0) is 0 Å². The minimum Gasteiger partial charge on any atom is -0.460 e. The van der Waals surface area contributed by atoms with Crippen molar-refractivity contribution in [2.45, 2.75) is 20.8 Å². The first-order valence-electron chi connectivity index (χ1n) is 4.68. The standard InChI is InChI=1S/C12H14Cl2O/c1-12(2,3)11(8-13)15-10-6-4-9(14)5-7-10/h4-8H,1-3H3. The Morgan fingerprint density at radius 3 is 2.13 bits per heavy atom. The summed E-state index contributed by atoms with van der Waals surface area (Å²) in [6, 6.07) is 7.19. The second-order valence-corrected chi connectivity index (χ2v) is 4.93. The van der Waals surface area contributed by atoms with Crippen molar-refractivity contribution < 1.29 is 4.74 Å². The van der Waals surface area contributed by atoms with Gasteiger partial charge < -0.3 is 4.74 Å². The van der Waals surface area contributed by atoms with Crippen molar-refractivity contribution in [2.24, 2.45) is 5.41 Å². The van der Waals surface area contributed by atoms with Crippen molar-refractivity contribution in [3.8, 4) is 5.75 Å². The Balaban J connectivity index is 2.81. The van der Waals surface area contributed by atoms with Crippen molar-refractivity contribution >= 4 is 23.2 Å². The van der Waals surface area contributed by atoms with E-state index in [1.165, 1.54) is 5.54 Å². The number of halogens is 2. The fourth-order valence-electron chi connectivity index (χ4n) is 0.969. The maximum Gasteiger partial charge on any atom is 0.127 e. The lowest BCUT2D eigenvalue weighted by Crippen LogP contribution is -2.14. The molecule has 15 heavy (non-hydrogen) atoms. The summed E-state index contributed by atoms with van der Waals surface area (Å²) < 4.78 is 5.65. The molecule has 0 saturated heterocycles. The maximum absolute atomic E-state index is 5.78. The van der Waals surface area contributed by atoms with Gasteiger partial charge in [0.1, 0.15) is 11.5 Å². The van der Waals surface area contributed by atoms with Crippen molar-refractivity contribution in [3.63, 3.8) is 0 Å². The Morgan fingerprint density at radius 2 is 1.73 bits per heavy atom. The van der Waals surface area contributed by atoms with Gasteiger partial charge in [-0.1, -0.05) is 44.0 Å². The summed E-state index contributed by atoms with van der Waals surface area (Å²) in [6.07, 6.45) is 0. The van der Waals surface area contributed by atoms with Gasteiger partial charge in [-0.25, -0.2) is 0 Å². The lowest BCUT2D eigenvalue weighted by molar-refractivity contribution is 0.295. The van der Waals surface area contributed by atoms with E-state index in [0.717, 1.165) is 11.5 Å². The molecule has 0 bridgehead atoms. The van der Waals surface area contributed by atoms with Crippen LogP contribution in [0.5, 0.6) is 5.75 Å². The lowest BCUT2D eigenvalue weighted by atomic mass is 9.95. The predicted octanol–water partition coefficient (Wildman–Crippen LogP) is 4.85. The summed E-state index contributed by atoms with van der Waals surface area (Å²) in [5.41, 5.74) is 1.36. The van der Waals surface area contributed by atoms with Gasteiger partial charge in [0, 0.05) is 16.0 Å². The summed E-state index contributed by atoms with van der Waals surface area (Å²) in [6.45, 7) is 6.12. The molecule has 0 amide bonds. The molecule has 0 radical (unpaired) electrons. The van der Waals surface area contributed by atoms with Gasteiger partial charge >= 0.3 is 0 Å². The summed E-state index contributed by atoms with van der Waals surface area (Å²) in [5.74, 6) is 1.47. The van der Waals surface area contributed by atoms with Crippen molar-refractivity contribution in [3.05, 3.63) is 40.6 Å². The smallest absolute Gasteiger partial charge is 0.127 e. The topological polar surface area (TPSA) is 9.23 Å². The van der Waals surface area contributed by atoms with Crippen molar-refractivity contribution in [1.29, 1.82) is 0 Å². The molecule has 0 aliphatic heterocycles. The molecule has 3 heteroatoms. The summed E-state index contributed by atoms with van der Waals surface area (Å²) in [5, 5.41) is 0.689. The molecule has 0 aliphatic rings. The van der Waals surface area contributed by atoms with E-state index in [-0.39, 0.29) is 5.41 Å². The van der Waals surface area contributed by atoms with Gasteiger partial charge in [0.2, 0.25) is 0 Å². The highest BCUT2D eigenvalue weighted by Gasteiger charge is 2.19. The Bertz CT molecular complexity index is 347. The lowest BCUT2D eigenvalue weighted by Gasteiger charge is -2.22. The van der Waals surface area contributed by atoms with E-state index in [1.807, 2.05) is 32.9 Å². The largest absolute Gasteiger partial charge is 0.460 e. The first-order valence-corrected chi connectivity index (χ1v) is 5.49. The molecule has 0 unspecified atom stereocenters. The molecule has 0 spiro atoms. The van der Waals surface area contributed by atoms with Crippen LogP contribution in [0.4, 0.5) is 0 Å². The van der Waals surface area contributed by atoms with Crippen LogP contribution in [0.1, 0.15) is 20.8 Å². The van der Waals surface area contributed by atoms with Gasteiger partial charge in [-0.15, -0.1) is 0 Å². The summed E-state index contributed by atoms with van der Waals surface area (Å²) >= 11 is 11.5. The molecule has 0 saturated carbocycles. The van der Waals surface area contributed by atoms with E-state index < -0.39 is 0 Å². The Hall–Kier alpha value is -0.660. The molecular formula is C12H14Cl2O. The number of benzene rings is 1. The molecule has 0 aliphatic carbocycles. The zero-order chi connectivity index (χ0) is 11.5. The SMILES string of the molecule is CC(C)(C)C(=CCl)Oc1ccc(Cl)cc1. The van der Waals surface area contributed by atoms with Gasteiger partial charge in [-0.2, -0.15) is 0 Å². The Kier molecular flexibility index (Phi) is 4.06. The van der Waals surface area contributed by atoms with Crippen molar-refractivity contribution in [1.82, 2.24) is 0 Å². The van der Waals surface area contributed by atoms with Gasteiger partial charge in [-0.3, -0.25) is 0 Å². The van der Waals surface area contributed by atoms with E-state index >= 15 is 0 Å². The molecule has 0 atom stereocenters. The third-order valence-corrected chi connectivity index (χ3v) is 2.33. The number of rotatable bonds is 2. The number of allylic oxidation sites excluding steroid dienone is 1. The van der Waals surface area contributed by atoms with Crippen LogP contribution in [0.25, 0.3) is 0 Å². The van der Waals surface area contributed by atoms with Crippen LogP contribution in [-0.4, -0.2) is 0 Å². The molecule has 1 rings (SSSR count). The fourth-order valence-corrected chi connectivity index (χ4v) is 1.47. The molecule has 0 fully saturated rings. The van der Waals surface area contributed by atoms with Crippen LogP contribution in [0.3, 0.4) is 0 Å². The second kappa shape index (κ2) is 4.91. The monoisotopic (exact) mass is 244 g/mol. The minimum atomic E-state index is -0.110. The summed E-state index contributed by atoms with van der Waals surface area (Å²) in [7, 11) is 0. The van der Waals surface area contributed by atoms with Gasteiger partial charge in [0.15, 0.2) is 0 Å². The van der Waals surface area contributed by atoms with E-state index in [9.17, 15) is 0 Å². The van der Waals surface area contributed by atoms with E-state index in [4.69, 9.17) is 27.9 Å². The van der Waals surface area contributed by atoms with E-state index in [0.29, 0.717) is 5.02 Å². The number of hydrogen-bond donors (Lipinski definition) is 0. The first kappa shape index (κ1) is 12.4. The van der Waals surface area contributed by atoms with Crippen LogP contribution in [0.2, 0.25) is 5.02 Å². The van der Waals surface area contributed by atoms with Gasteiger partial charge in [0.25, 0.3) is 0 Å². The molecule has 1 aromatic rings. The number of ether oxygens (including phenoxy) is 1. The van der Waals surface area contributed by atoms with Crippen LogP contribution >= 0.6 is 23.2 Å². The molecule has 1 nitrogen and oxygen atoms in total. The highest BCUT2D eigenvalue weighted by atomic mass is 35.5. The molecule has 0 N–H and O–H groups in total. The van der Waals surface area contributed by atoms with Gasteiger partial charge in [-0.05, 0) is 24.3 Å². The number of hydrogen-bond acceptors (Lipinski definition) is 1. The molecule has 0 aromatic heterocycles. The quantitative estimate of drug-likeness (QED) is 0.677. The predicted molar refractivity (Wildman–Crippen MR) is 65.5 cm³/mol. The Morgan fingerprint density at radius 1 is 1.20 bits per heavy atom. The normalized spacial score (nSPS) is 12.7. The first-order chi connectivity index (χ1) is 6.93. The summed E-state index contributed by atoms with van der Waals surface area (Å²) in [4.78, 5) is 0. The second-order valence-electron chi connectivity index (χ2n) is 4.28. The third-order valence-electron chi connectivity index (χ3n) is 1.88. The van der Waals surface area contributed by atoms with Gasteiger partial charge in [0.05, 0.1) is 0 Å². The van der Waals surface area contributed by atoms with Crippen LogP contribution < -0.4 is 4.74 Å². The third kappa shape index (κ3) is 3.77. The molecule has 1 aromatic carbocycles. The fraction of sp³-hybridized carbons (Fsp3) is 0.333. The maximum atomic E-state index is 5.78. The molecule has 82 valence electrons. The highest BCUT2D eigenvalue weighted by Crippen LogP contribution is 2.29. The molecule has 0 heterocycles. The average molecular weight is 245 g/mol. The van der Waals surface area contributed by atoms with E-state index in [2.05, 4.69) is 0 Å². The van der Waals surface area contributed by atoms with E-state index in [1.54, 1.807) is 12.1 Å². The molecular weight excluding hydrogens is 231 g/mol. The van der Waals surface area contributed by atoms with Crippen molar-refractivity contribution in [2.75, 3.05) is 0 Å². The Labute approximate surface area is 101 Å². The van der Waals surface area contributed by atoms with Crippen LogP contribution in [0.15, 0.2) is 35.6 Å². The minimum absolute atomic E-state index is 0.110. The zero-order valence-electron chi connectivity index (χ0n) is 9.05.